The summed E-state index contributed by atoms with van der Waals surface area (Å²) in [5.41, 5.74) is 0. The van der Waals surface area contributed by atoms with Crippen LogP contribution in [0.1, 0.15) is 27.2 Å². The van der Waals surface area contributed by atoms with Crippen LogP contribution < -0.4 is 5.32 Å². The lowest BCUT2D eigenvalue weighted by atomic mass is 10.1. The summed E-state index contributed by atoms with van der Waals surface area (Å²) in [6.45, 7) is 16.5. The summed E-state index contributed by atoms with van der Waals surface area (Å²) in [4.78, 5) is 7.56. The molecule has 1 rings (SSSR count). The molecular formula is C16H36N4. The SMILES string of the molecule is CCC(CNCC(C)C)N1CCN(CCN(C)C)CC1. The van der Waals surface area contributed by atoms with Crippen LogP contribution in [0.15, 0.2) is 0 Å². The Balaban J connectivity index is 2.23. The fourth-order valence-corrected chi connectivity index (χ4v) is 2.76. The maximum absolute atomic E-state index is 3.62. The Bertz CT molecular complexity index is 235. The predicted molar refractivity (Wildman–Crippen MR) is 88.4 cm³/mol. The summed E-state index contributed by atoms with van der Waals surface area (Å²) in [5.74, 6) is 0.746. The van der Waals surface area contributed by atoms with Crippen molar-refractivity contribution in [3.8, 4) is 0 Å². The molecule has 0 aromatic carbocycles. The first kappa shape index (κ1) is 17.9. The maximum atomic E-state index is 3.62. The molecule has 4 heteroatoms. The zero-order chi connectivity index (χ0) is 15.0. The van der Waals surface area contributed by atoms with Crippen molar-refractivity contribution in [1.82, 2.24) is 20.0 Å². The highest BCUT2D eigenvalue weighted by Crippen LogP contribution is 2.09. The smallest absolute Gasteiger partial charge is 0.0219 e. The van der Waals surface area contributed by atoms with Gasteiger partial charge in [-0.2, -0.15) is 0 Å². The van der Waals surface area contributed by atoms with E-state index in [0.29, 0.717) is 6.04 Å². The van der Waals surface area contributed by atoms with E-state index < -0.39 is 0 Å². The number of likely N-dealkylation sites (N-methyl/N-ethyl adjacent to an activating group) is 1. The summed E-state index contributed by atoms with van der Waals surface area (Å²) < 4.78 is 0. The molecule has 1 unspecified atom stereocenters. The molecule has 0 radical (unpaired) electrons. The number of rotatable bonds is 9. The van der Waals surface area contributed by atoms with Gasteiger partial charge in [0.15, 0.2) is 0 Å². The Morgan fingerprint density at radius 3 is 2.20 bits per heavy atom. The third kappa shape index (κ3) is 7.02. The van der Waals surface area contributed by atoms with Crippen molar-refractivity contribution in [3.05, 3.63) is 0 Å². The van der Waals surface area contributed by atoms with E-state index in [1.807, 2.05) is 0 Å². The number of nitrogens with zero attached hydrogens (tertiary/aromatic N) is 3. The highest BCUT2D eigenvalue weighted by molar-refractivity contribution is 4.79. The molecule has 0 saturated carbocycles. The molecule has 1 fully saturated rings. The van der Waals surface area contributed by atoms with Gasteiger partial charge in [0, 0.05) is 51.9 Å². The van der Waals surface area contributed by atoms with Crippen LogP contribution in [0.2, 0.25) is 0 Å². The van der Waals surface area contributed by atoms with Crippen LogP contribution in [0.5, 0.6) is 0 Å². The van der Waals surface area contributed by atoms with Gasteiger partial charge < -0.3 is 10.2 Å². The minimum absolute atomic E-state index is 0.713. The van der Waals surface area contributed by atoms with Crippen molar-refractivity contribution in [2.45, 2.75) is 33.2 Å². The van der Waals surface area contributed by atoms with Crippen molar-refractivity contribution in [3.63, 3.8) is 0 Å². The molecule has 120 valence electrons. The molecule has 4 nitrogen and oxygen atoms in total. The van der Waals surface area contributed by atoms with E-state index in [1.165, 1.54) is 45.7 Å². The van der Waals surface area contributed by atoms with Gasteiger partial charge in [0.05, 0.1) is 0 Å². The standard InChI is InChI=1S/C16H36N4/c1-6-16(14-17-13-15(2)3)20-11-9-19(10-12-20)8-7-18(4)5/h15-17H,6-14H2,1-5H3. The molecule has 1 heterocycles. The maximum Gasteiger partial charge on any atom is 0.0219 e. The zero-order valence-corrected chi connectivity index (χ0v) is 14.4. The van der Waals surface area contributed by atoms with Gasteiger partial charge >= 0.3 is 0 Å². The third-order valence-corrected chi connectivity index (χ3v) is 4.19. The van der Waals surface area contributed by atoms with E-state index in [2.05, 4.69) is 54.9 Å². The van der Waals surface area contributed by atoms with Gasteiger partial charge in [-0.15, -0.1) is 0 Å². The summed E-state index contributed by atoms with van der Waals surface area (Å²) >= 11 is 0. The third-order valence-electron chi connectivity index (χ3n) is 4.19. The van der Waals surface area contributed by atoms with Gasteiger partial charge in [-0.1, -0.05) is 20.8 Å². The second kappa shape index (κ2) is 9.72. The first-order chi connectivity index (χ1) is 9.52. The topological polar surface area (TPSA) is 21.8 Å². The van der Waals surface area contributed by atoms with Gasteiger partial charge in [-0.3, -0.25) is 9.80 Å². The second-order valence-corrected chi connectivity index (χ2v) is 6.80. The normalized spacial score (nSPS) is 19.9. The molecule has 0 spiro atoms. The zero-order valence-electron chi connectivity index (χ0n) is 14.4. The van der Waals surface area contributed by atoms with Gasteiger partial charge in [0.1, 0.15) is 0 Å². The number of hydrogen-bond acceptors (Lipinski definition) is 4. The minimum Gasteiger partial charge on any atom is -0.315 e. The van der Waals surface area contributed by atoms with Crippen LogP contribution in [-0.4, -0.2) is 87.2 Å². The molecule has 0 amide bonds. The lowest BCUT2D eigenvalue weighted by Crippen LogP contribution is -2.53. The van der Waals surface area contributed by atoms with E-state index in [4.69, 9.17) is 0 Å². The van der Waals surface area contributed by atoms with Crippen LogP contribution in [0.3, 0.4) is 0 Å². The Morgan fingerprint density at radius 1 is 1.05 bits per heavy atom. The van der Waals surface area contributed by atoms with Crippen molar-refractivity contribution in [1.29, 1.82) is 0 Å². The number of piperazine rings is 1. The Hall–Kier alpha value is -0.160. The Kier molecular flexibility index (Phi) is 8.69. The lowest BCUT2D eigenvalue weighted by molar-refractivity contribution is 0.0890. The van der Waals surface area contributed by atoms with Crippen LogP contribution in [-0.2, 0) is 0 Å². The quantitative estimate of drug-likeness (QED) is 0.686. The molecule has 1 N–H and O–H groups in total. The molecule has 0 bridgehead atoms. The molecule has 1 saturated heterocycles. The van der Waals surface area contributed by atoms with Crippen molar-refractivity contribution >= 4 is 0 Å². The van der Waals surface area contributed by atoms with E-state index >= 15 is 0 Å². The summed E-state index contributed by atoms with van der Waals surface area (Å²) in [6, 6.07) is 0.713. The molecule has 1 aliphatic rings. The van der Waals surface area contributed by atoms with Gasteiger partial charge in [-0.25, -0.2) is 0 Å². The highest BCUT2D eigenvalue weighted by atomic mass is 15.3. The second-order valence-electron chi connectivity index (χ2n) is 6.80. The first-order valence-corrected chi connectivity index (χ1v) is 8.34. The molecular weight excluding hydrogens is 248 g/mol. The monoisotopic (exact) mass is 284 g/mol. The molecule has 0 aromatic rings. The lowest BCUT2D eigenvalue weighted by Gasteiger charge is -2.39. The summed E-state index contributed by atoms with van der Waals surface area (Å²) in [6.07, 6.45) is 1.25. The van der Waals surface area contributed by atoms with E-state index in [-0.39, 0.29) is 0 Å². The molecule has 0 aliphatic carbocycles. The molecule has 1 aliphatic heterocycles. The van der Waals surface area contributed by atoms with Gasteiger partial charge in [-0.05, 0) is 33.0 Å². The molecule has 1 atom stereocenters. The van der Waals surface area contributed by atoms with Crippen molar-refractivity contribution in [2.75, 3.05) is 66.5 Å². The summed E-state index contributed by atoms with van der Waals surface area (Å²) in [7, 11) is 4.31. The van der Waals surface area contributed by atoms with Crippen LogP contribution in [0.4, 0.5) is 0 Å². The highest BCUT2D eigenvalue weighted by Gasteiger charge is 2.22. The van der Waals surface area contributed by atoms with E-state index in [1.54, 1.807) is 0 Å². The van der Waals surface area contributed by atoms with Crippen LogP contribution in [0.25, 0.3) is 0 Å². The predicted octanol–water partition coefficient (Wildman–Crippen LogP) is 1.19. The minimum atomic E-state index is 0.713. The van der Waals surface area contributed by atoms with Crippen molar-refractivity contribution < 1.29 is 0 Å². The average molecular weight is 284 g/mol. The average Bonchev–Trinajstić information content (AvgIpc) is 2.42. The van der Waals surface area contributed by atoms with E-state index in [0.717, 1.165) is 19.0 Å². The largest absolute Gasteiger partial charge is 0.315 e. The number of nitrogens with one attached hydrogen (secondary N) is 1. The fourth-order valence-electron chi connectivity index (χ4n) is 2.76. The fraction of sp³-hybridized carbons (Fsp3) is 1.00. The number of hydrogen-bond donors (Lipinski definition) is 1. The molecule has 20 heavy (non-hydrogen) atoms. The summed E-state index contributed by atoms with van der Waals surface area (Å²) in [5, 5.41) is 3.62. The first-order valence-electron chi connectivity index (χ1n) is 8.34. The Morgan fingerprint density at radius 2 is 1.70 bits per heavy atom. The van der Waals surface area contributed by atoms with E-state index in [9.17, 15) is 0 Å². The Labute approximate surface area is 126 Å². The van der Waals surface area contributed by atoms with Gasteiger partial charge in [0.2, 0.25) is 0 Å². The van der Waals surface area contributed by atoms with Crippen LogP contribution in [0, 0.1) is 5.92 Å². The van der Waals surface area contributed by atoms with Crippen LogP contribution >= 0.6 is 0 Å². The molecule has 0 aromatic heterocycles. The van der Waals surface area contributed by atoms with Crippen molar-refractivity contribution in [2.24, 2.45) is 5.92 Å². The van der Waals surface area contributed by atoms with Gasteiger partial charge in [0.25, 0.3) is 0 Å².